The van der Waals surface area contributed by atoms with Crippen LogP contribution < -0.4 is 11.1 Å². The fourth-order valence-corrected chi connectivity index (χ4v) is 2.84. The Labute approximate surface area is 105 Å². The molecule has 0 aliphatic heterocycles. The summed E-state index contributed by atoms with van der Waals surface area (Å²) in [6.45, 7) is 4.60. The highest BCUT2D eigenvalue weighted by molar-refractivity contribution is 5.76. The third kappa shape index (κ3) is 1.92. The molecule has 1 heterocycles. The molecular formula is C14H18N2O2. The molecule has 1 unspecified atom stereocenters. The molecule has 0 radical (unpaired) electrons. The number of aromatic amines is 1. The number of benzene rings is 1. The Bertz CT molecular complexity index is 624. The second kappa shape index (κ2) is 3.90. The average molecular weight is 246 g/mol. The summed E-state index contributed by atoms with van der Waals surface area (Å²) in [7, 11) is 0. The van der Waals surface area contributed by atoms with Crippen LogP contribution in [0.1, 0.15) is 33.1 Å². The number of oxazole rings is 1. The Morgan fingerprint density at radius 3 is 3.00 bits per heavy atom. The Balaban J connectivity index is 1.88. The first-order valence-electron chi connectivity index (χ1n) is 6.44. The smallest absolute Gasteiger partial charge is 0.408 e. The summed E-state index contributed by atoms with van der Waals surface area (Å²) in [5.74, 6) is -0.400. The van der Waals surface area contributed by atoms with Gasteiger partial charge < -0.3 is 9.73 Å². The second-order valence-electron chi connectivity index (χ2n) is 5.80. The van der Waals surface area contributed by atoms with E-state index in [1.54, 1.807) is 0 Å². The van der Waals surface area contributed by atoms with Gasteiger partial charge in [-0.25, -0.2) is 4.79 Å². The van der Waals surface area contributed by atoms with Gasteiger partial charge in [-0.3, -0.25) is 4.98 Å². The van der Waals surface area contributed by atoms with E-state index in [9.17, 15) is 4.79 Å². The molecule has 0 spiro atoms. The fourth-order valence-electron chi connectivity index (χ4n) is 2.84. The minimum Gasteiger partial charge on any atom is -0.408 e. The maximum absolute atomic E-state index is 11.1. The van der Waals surface area contributed by atoms with Gasteiger partial charge in [0.1, 0.15) is 0 Å². The Kier molecular flexibility index (Phi) is 2.47. The Hall–Kier alpha value is -1.71. The van der Waals surface area contributed by atoms with Gasteiger partial charge in [0.25, 0.3) is 0 Å². The standard InChI is InChI=1S/C14H18N2O2/c1-14(2)7-3-4-12(14)15-9-5-6-11-10(8-9)16-13(17)18-11/h5-6,8,12,15H,3-4,7H2,1-2H3,(H,16,17). The van der Waals surface area contributed by atoms with Crippen LogP contribution in [0.5, 0.6) is 0 Å². The van der Waals surface area contributed by atoms with E-state index in [1.165, 1.54) is 19.3 Å². The highest BCUT2D eigenvalue weighted by atomic mass is 16.4. The van der Waals surface area contributed by atoms with Crippen LogP contribution in [0.4, 0.5) is 5.69 Å². The largest absolute Gasteiger partial charge is 0.417 e. The summed E-state index contributed by atoms with van der Waals surface area (Å²) >= 11 is 0. The van der Waals surface area contributed by atoms with Crippen molar-refractivity contribution in [1.82, 2.24) is 4.98 Å². The van der Waals surface area contributed by atoms with Crippen LogP contribution in [0.3, 0.4) is 0 Å². The first kappa shape index (κ1) is 11.4. The normalized spacial score (nSPS) is 22.4. The lowest BCUT2D eigenvalue weighted by Gasteiger charge is -2.28. The van der Waals surface area contributed by atoms with Crippen molar-refractivity contribution in [1.29, 1.82) is 0 Å². The van der Waals surface area contributed by atoms with Gasteiger partial charge in [-0.15, -0.1) is 0 Å². The first-order chi connectivity index (χ1) is 8.54. The molecule has 1 aromatic heterocycles. The molecule has 1 fully saturated rings. The molecule has 1 aliphatic rings. The molecular weight excluding hydrogens is 228 g/mol. The second-order valence-corrected chi connectivity index (χ2v) is 5.80. The van der Waals surface area contributed by atoms with E-state index in [-0.39, 0.29) is 0 Å². The van der Waals surface area contributed by atoms with Crippen molar-refractivity contribution in [3.63, 3.8) is 0 Å². The van der Waals surface area contributed by atoms with E-state index >= 15 is 0 Å². The summed E-state index contributed by atoms with van der Waals surface area (Å²) in [5, 5.41) is 3.57. The minimum absolute atomic E-state index is 0.332. The highest BCUT2D eigenvalue weighted by Gasteiger charge is 2.34. The molecule has 18 heavy (non-hydrogen) atoms. The summed E-state index contributed by atoms with van der Waals surface area (Å²) in [5.41, 5.74) is 2.73. The van der Waals surface area contributed by atoms with Crippen molar-refractivity contribution in [2.45, 2.75) is 39.2 Å². The third-order valence-corrected chi connectivity index (χ3v) is 4.02. The maximum atomic E-state index is 11.1. The third-order valence-electron chi connectivity index (χ3n) is 4.02. The zero-order valence-electron chi connectivity index (χ0n) is 10.7. The van der Waals surface area contributed by atoms with Crippen molar-refractivity contribution < 1.29 is 4.42 Å². The van der Waals surface area contributed by atoms with Gasteiger partial charge in [0, 0.05) is 11.7 Å². The Morgan fingerprint density at radius 2 is 2.28 bits per heavy atom. The van der Waals surface area contributed by atoms with E-state index in [1.807, 2.05) is 18.2 Å². The topological polar surface area (TPSA) is 58.0 Å². The summed E-state index contributed by atoms with van der Waals surface area (Å²) < 4.78 is 4.99. The summed E-state index contributed by atoms with van der Waals surface area (Å²) in [6, 6.07) is 6.23. The number of rotatable bonds is 2. The van der Waals surface area contributed by atoms with Crippen LogP contribution in [-0.4, -0.2) is 11.0 Å². The van der Waals surface area contributed by atoms with E-state index < -0.39 is 5.76 Å². The maximum Gasteiger partial charge on any atom is 0.417 e. The fraction of sp³-hybridized carbons (Fsp3) is 0.500. The number of anilines is 1. The molecule has 1 saturated carbocycles. The van der Waals surface area contributed by atoms with Gasteiger partial charge in [0.2, 0.25) is 0 Å². The van der Waals surface area contributed by atoms with E-state index in [0.29, 0.717) is 17.0 Å². The van der Waals surface area contributed by atoms with Crippen LogP contribution in [0.25, 0.3) is 11.1 Å². The molecule has 4 heteroatoms. The lowest BCUT2D eigenvalue weighted by molar-refractivity contribution is 0.350. The van der Waals surface area contributed by atoms with Gasteiger partial charge >= 0.3 is 5.76 Å². The average Bonchev–Trinajstić information content (AvgIpc) is 2.81. The number of hydrogen-bond donors (Lipinski definition) is 2. The first-order valence-corrected chi connectivity index (χ1v) is 6.44. The number of H-pyrrole nitrogens is 1. The highest BCUT2D eigenvalue weighted by Crippen LogP contribution is 2.39. The zero-order chi connectivity index (χ0) is 12.8. The van der Waals surface area contributed by atoms with Crippen molar-refractivity contribution in [3.05, 3.63) is 28.7 Å². The van der Waals surface area contributed by atoms with Crippen LogP contribution in [0.2, 0.25) is 0 Å². The van der Waals surface area contributed by atoms with E-state index in [2.05, 4.69) is 24.1 Å². The van der Waals surface area contributed by atoms with Crippen molar-refractivity contribution in [3.8, 4) is 0 Å². The van der Waals surface area contributed by atoms with Gasteiger partial charge in [-0.1, -0.05) is 20.3 Å². The van der Waals surface area contributed by atoms with Gasteiger partial charge in [-0.05, 0) is 36.5 Å². The van der Waals surface area contributed by atoms with Gasteiger partial charge in [0.05, 0.1) is 5.52 Å². The molecule has 1 atom stereocenters. The van der Waals surface area contributed by atoms with Crippen LogP contribution >= 0.6 is 0 Å². The molecule has 1 aliphatic carbocycles. The number of hydrogen-bond acceptors (Lipinski definition) is 3. The monoisotopic (exact) mass is 246 g/mol. The number of fused-ring (bicyclic) bond motifs is 1. The van der Waals surface area contributed by atoms with Crippen molar-refractivity contribution in [2.24, 2.45) is 5.41 Å². The molecule has 0 bridgehead atoms. The summed E-state index contributed by atoms with van der Waals surface area (Å²) in [6.07, 6.45) is 3.73. The molecule has 1 aromatic carbocycles. The molecule has 4 nitrogen and oxygen atoms in total. The lowest BCUT2D eigenvalue weighted by atomic mass is 9.87. The van der Waals surface area contributed by atoms with Crippen molar-refractivity contribution >= 4 is 16.8 Å². The molecule has 3 rings (SSSR count). The van der Waals surface area contributed by atoms with E-state index in [4.69, 9.17) is 4.42 Å². The molecule has 0 amide bonds. The predicted molar refractivity (Wildman–Crippen MR) is 71.9 cm³/mol. The molecule has 0 saturated heterocycles. The molecule has 2 N–H and O–H groups in total. The van der Waals surface area contributed by atoms with Crippen LogP contribution in [0.15, 0.2) is 27.4 Å². The number of nitrogens with one attached hydrogen (secondary N) is 2. The van der Waals surface area contributed by atoms with Crippen LogP contribution in [-0.2, 0) is 0 Å². The van der Waals surface area contributed by atoms with Gasteiger partial charge in [-0.2, -0.15) is 0 Å². The molecule has 2 aromatic rings. The van der Waals surface area contributed by atoms with Crippen LogP contribution in [0, 0.1) is 5.41 Å². The van der Waals surface area contributed by atoms with Crippen molar-refractivity contribution in [2.75, 3.05) is 5.32 Å². The lowest BCUT2D eigenvalue weighted by Crippen LogP contribution is -2.30. The molecule has 96 valence electrons. The number of aromatic nitrogens is 1. The van der Waals surface area contributed by atoms with Gasteiger partial charge in [0.15, 0.2) is 5.58 Å². The predicted octanol–water partition coefficient (Wildman–Crippen LogP) is 3.11. The van der Waals surface area contributed by atoms with E-state index in [0.717, 1.165) is 11.2 Å². The summed E-state index contributed by atoms with van der Waals surface area (Å²) in [4.78, 5) is 13.8. The Morgan fingerprint density at radius 1 is 1.44 bits per heavy atom. The SMILES string of the molecule is CC1(C)CCCC1Nc1ccc2oc(=O)[nH]c2c1. The zero-order valence-corrected chi connectivity index (χ0v) is 10.7. The quantitative estimate of drug-likeness (QED) is 0.856. The minimum atomic E-state index is -0.400.